The predicted molar refractivity (Wildman–Crippen MR) is 153 cm³/mol. The lowest BCUT2D eigenvalue weighted by molar-refractivity contribution is -0.122. The first-order chi connectivity index (χ1) is 18.5. The maximum absolute atomic E-state index is 13.6. The highest BCUT2D eigenvalue weighted by Crippen LogP contribution is 2.28. The third kappa shape index (κ3) is 4.86. The molecule has 6 nitrogen and oxygen atoms in total. The quantitative estimate of drug-likeness (QED) is 0.192. The van der Waals surface area contributed by atoms with Crippen LogP contribution >= 0.6 is 12.2 Å². The summed E-state index contributed by atoms with van der Waals surface area (Å²) < 4.78 is 2.03. The molecular formula is C31H26N4O2S. The molecule has 0 spiro atoms. The van der Waals surface area contributed by atoms with Crippen molar-refractivity contribution in [1.29, 1.82) is 5.26 Å². The summed E-state index contributed by atoms with van der Waals surface area (Å²) in [7, 11) is 0. The number of hydrogen-bond donors (Lipinski definition) is 1. The number of unbranched alkanes of at least 4 members (excludes halogenated alkanes) is 1. The Labute approximate surface area is 226 Å². The average Bonchev–Trinajstić information content (AvgIpc) is 3.27. The van der Waals surface area contributed by atoms with E-state index in [1.807, 2.05) is 77.5 Å². The van der Waals surface area contributed by atoms with Gasteiger partial charge in [0.1, 0.15) is 5.57 Å². The molecule has 1 aliphatic rings. The lowest BCUT2D eigenvalue weighted by atomic mass is 10.1. The molecule has 0 unspecified atom stereocenters. The van der Waals surface area contributed by atoms with Crippen molar-refractivity contribution in [3.05, 3.63) is 107 Å². The Hall–Kier alpha value is -4.54. The second kappa shape index (κ2) is 10.8. The second-order valence-corrected chi connectivity index (χ2v) is 9.61. The number of hydrogen-bond acceptors (Lipinski definition) is 4. The molecule has 0 saturated carbocycles. The molecule has 1 aromatic heterocycles. The Morgan fingerprint density at radius 2 is 1.74 bits per heavy atom. The van der Waals surface area contributed by atoms with Gasteiger partial charge in [0.05, 0.1) is 17.3 Å². The molecule has 1 N–H and O–H groups in total. The molecule has 0 radical (unpaired) electrons. The maximum atomic E-state index is 13.6. The Bertz CT molecular complexity index is 1630. The summed E-state index contributed by atoms with van der Waals surface area (Å²) >= 11 is 5.38. The van der Waals surface area contributed by atoms with Crippen LogP contribution in [-0.4, -0.2) is 21.5 Å². The first-order valence-electron chi connectivity index (χ1n) is 12.6. The number of nitriles is 1. The number of rotatable bonds is 7. The van der Waals surface area contributed by atoms with Crippen LogP contribution in [0.15, 0.2) is 84.6 Å². The fraction of sp³-hybridized carbons (Fsp3) is 0.161. The van der Waals surface area contributed by atoms with Crippen molar-refractivity contribution in [3.63, 3.8) is 0 Å². The number of thiocarbonyl (C=S) groups is 1. The topological polar surface area (TPSA) is 78.1 Å². The van der Waals surface area contributed by atoms with Crippen LogP contribution in [0.1, 0.15) is 42.0 Å². The van der Waals surface area contributed by atoms with E-state index in [-0.39, 0.29) is 10.7 Å². The van der Waals surface area contributed by atoms with Gasteiger partial charge in [0, 0.05) is 29.2 Å². The summed E-state index contributed by atoms with van der Waals surface area (Å²) in [5.74, 6) is -0.991. The molecule has 188 valence electrons. The highest BCUT2D eigenvalue weighted by atomic mass is 32.1. The fourth-order valence-electron chi connectivity index (χ4n) is 4.71. The van der Waals surface area contributed by atoms with Gasteiger partial charge in [0.15, 0.2) is 5.11 Å². The lowest BCUT2D eigenvalue weighted by Crippen LogP contribution is -2.54. The zero-order valence-electron chi connectivity index (χ0n) is 21.0. The highest BCUT2D eigenvalue weighted by molar-refractivity contribution is 7.80. The van der Waals surface area contributed by atoms with E-state index in [0.717, 1.165) is 41.3 Å². The van der Waals surface area contributed by atoms with Crippen LogP contribution < -0.4 is 10.2 Å². The van der Waals surface area contributed by atoms with Crippen LogP contribution in [0.3, 0.4) is 0 Å². The summed E-state index contributed by atoms with van der Waals surface area (Å²) in [6.45, 7) is 2.63. The van der Waals surface area contributed by atoms with Crippen LogP contribution in [0, 0.1) is 11.3 Å². The molecule has 1 saturated heterocycles. The monoisotopic (exact) mass is 518 g/mol. The number of nitrogens with one attached hydrogen (secondary N) is 1. The molecule has 2 amide bonds. The average molecular weight is 519 g/mol. The van der Waals surface area contributed by atoms with Gasteiger partial charge in [-0.1, -0.05) is 61.9 Å². The molecule has 1 fully saturated rings. The normalized spacial score (nSPS) is 14.7. The summed E-state index contributed by atoms with van der Waals surface area (Å²) in [5, 5.41) is 13.2. The van der Waals surface area contributed by atoms with Gasteiger partial charge in [-0.25, -0.2) is 0 Å². The molecule has 5 rings (SSSR count). The number of anilines is 1. The number of aromatic nitrogens is 1. The van der Waals surface area contributed by atoms with Crippen LogP contribution in [0.2, 0.25) is 0 Å². The van der Waals surface area contributed by atoms with E-state index in [1.165, 1.54) is 10.5 Å². The van der Waals surface area contributed by atoms with Gasteiger partial charge in [-0.05, 0) is 66.5 Å². The van der Waals surface area contributed by atoms with Crippen molar-refractivity contribution in [1.82, 2.24) is 9.88 Å². The molecule has 0 aliphatic carbocycles. The standard InChI is InChI=1S/C31H26N4O2S/c1-2-3-8-21-13-15-25(16-14-21)35-30(37)27(29(36)33-31(35)38)17-24-20-34(28-12-7-6-11-26(24)28)19-23-10-5-4-9-22(23)18-32/h4-7,9-17,20H,2-3,8,19H2,1H3,(H,33,36,38). The summed E-state index contributed by atoms with van der Waals surface area (Å²) in [6.07, 6.45) is 6.71. The first kappa shape index (κ1) is 25.1. The number of fused-ring (bicyclic) bond motifs is 1. The van der Waals surface area contributed by atoms with Crippen molar-refractivity contribution in [2.24, 2.45) is 0 Å². The molecule has 0 atom stereocenters. The van der Waals surface area contributed by atoms with Crippen molar-refractivity contribution in [2.45, 2.75) is 32.7 Å². The number of nitrogens with zero attached hydrogens (tertiary/aromatic N) is 3. The van der Waals surface area contributed by atoms with E-state index in [4.69, 9.17) is 12.2 Å². The third-order valence-electron chi connectivity index (χ3n) is 6.71. The fourth-order valence-corrected chi connectivity index (χ4v) is 4.99. The minimum atomic E-state index is -0.525. The number of amides is 2. The molecule has 2 heterocycles. The van der Waals surface area contributed by atoms with E-state index in [2.05, 4.69) is 18.3 Å². The molecule has 3 aromatic carbocycles. The molecule has 0 bridgehead atoms. The van der Waals surface area contributed by atoms with Crippen LogP contribution in [-0.2, 0) is 22.6 Å². The van der Waals surface area contributed by atoms with Gasteiger partial charge < -0.3 is 4.57 Å². The van der Waals surface area contributed by atoms with E-state index >= 15 is 0 Å². The number of carbonyl (C=O) groups excluding carboxylic acids is 2. The van der Waals surface area contributed by atoms with Crippen LogP contribution in [0.25, 0.3) is 17.0 Å². The van der Waals surface area contributed by atoms with E-state index in [9.17, 15) is 14.9 Å². The minimum Gasteiger partial charge on any atom is -0.342 e. The van der Waals surface area contributed by atoms with Gasteiger partial charge in [0.2, 0.25) is 0 Å². The Morgan fingerprint density at radius 1 is 1.00 bits per heavy atom. The van der Waals surface area contributed by atoms with Gasteiger partial charge in [0.25, 0.3) is 11.8 Å². The summed E-state index contributed by atoms with van der Waals surface area (Å²) in [4.78, 5) is 27.9. The number of para-hydroxylation sites is 1. The van der Waals surface area contributed by atoms with Gasteiger partial charge >= 0.3 is 0 Å². The summed E-state index contributed by atoms with van der Waals surface area (Å²) in [6, 6.07) is 25.2. The lowest BCUT2D eigenvalue weighted by Gasteiger charge is -2.29. The number of carbonyl (C=O) groups is 2. The van der Waals surface area contributed by atoms with Crippen LogP contribution in [0.5, 0.6) is 0 Å². The molecule has 38 heavy (non-hydrogen) atoms. The SMILES string of the molecule is CCCCc1ccc(N2C(=O)C(=Cc3cn(Cc4ccccc4C#N)c4ccccc34)C(=O)NC2=S)cc1. The number of aryl methyl sites for hydroxylation is 1. The van der Waals surface area contributed by atoms with Gasteiger partial charge in [-0.2, -0.15) is 5.26 Å². The van der Waals surface area contributed by atoms with Crippen molar-refractivity contribution < 1.29 is 9.59 Å². The largest absolute Gasteiger partial charge is 0.342 e. The number of benzene rings is 3. The molecule has 4 aromatic rings. The summed E-state index contributed by atoms with van der Waals surface area (Å²) in [5.41, 5.74) is 4.98. The van der Waals surface area contributed by atoms with Crippen LogP contribution in [0.4, 0.5) is 5.69 Å². The predicted octanol–water partition coefficient (Wildman–Crippen LogP) is 5.74. The molecule has 7 heteroatoms. The zero-order valence-corrected chi connectivity index (χ0v) is 21.8. The Morgan fingerprint density at radius 3 is 2.50 bits per heavy atom. The van der Waals surface area contributed by atoms with Crippen molar-refractivity contribution in [3.8, 4) is 6.07 Å². The minimum absolute atomic E-state index is 0.00832. The van der Waals surface area contributed by atoms with Gasteiger partial charge in [-0.15, -0.1) is 0 Å². The maximum Gasteiger partial charge on any atom is 0.270 e. The Balaban J connectivity index is 1.51. The van der Waals surface area contributed by atoms with Crippen molar-refractivity contribution >= 4 is 51.8 Å². The van der Waals surface area contributed by atoms with E-state index in [1.54, 1.807) is 12.1 Å². The van der Waals surface area contributed by atoms with Gasteiger partial charge in [-0.3, -0.25) is 19.8 Å². The third-order valence-corrected chi connectivity index (χ3v) is 7.00. The Kier molecular flexibility index (Phi) is 7.16. The van der Waals surface area contributed by atoms with Crippen molar-refractivity contribution in [2.75, 3.05) is 4.90 Å². The van der Waals surface area contributed by atoms with E-state index < -0.39 is 11.8 Å². The zero-order chi connectivity index (χ0) is 26.6. The second-order valence-electron chi connectivity index (χ2n) is 9.23. The van der Waals surface area contributed by atoms with E-state index in [0.29, 0.717) is 17.8 Å². The smallest absolute Gasteiger partial charge is 0.270 e. The first-order valence-corrected chi connectivity index (χ1v) is 13.0. The molecule has 1 aliphatic heterocycles. The highest BCUT2D eigenvalue weighted by Gasteiger charge is 2.34. The molecular weight excluding hydrogens is 492 g/mol.